The first kappa shape index (κ1) is 14.2. The molecule has 0 saturated heterocycles. The third kappa shape index (κ3) is 3.69. The van der Waals surface area contributed by atoms with Crippen molar-refractivity contribution in [3.8, 4) is 11.5 Å². The van der Waals surface area contributed by atoms with E-state index in [9.17, 15) is 0 Å². The average Bonchev–Trinajstić information content (AvgIpc) is 2.47. The number of ether oxygens (including phenoxy) is 2. The Kier molecular flexibility index (Phi) is 4.32. The second kappa shape index (κ2) is 6.37. The van der Waals surface area contributed by atoms with Gasteiger partial charge >= 0.3 is 0 Å². The highest BCUT2D eigenvalue weighted by Gasteiger charge is 2.21. The molecule has 110 valence electrons. The molecule has 0 spiro atoms. The zero-order chi connectivity index (χ0) is 14.7. The quantitative estimate of drug-likeness (QED) is 0.861. The highest BCUT2D eigenvalue weighted by atomic mass is 35.5. The van der Waals surface area contributed by atoms with Gasteiger partial charge in [-0.25, -0.2) is 0 Å². The fraction of sp³-hybridized carbons (Fsp3) is 0.294. The first-order chi connectivity index (χ1) is 10.2. The molecule has 0 aliphatic carbocycles. The van der Waals surface area contributed by atoms with Gasteiger partial charge < -0.3 is 9.47 Å². The van der Waals surface area contributed by atoms with E-state index in [0.717, 1.165) is 29.6 Å². The Morgan fingerprint density at radius 1 is 1.14 bits per heavy atom. The second-order valence-corrected chi connectivity index (χ2v) is 5.76. The number of likely N-dealkylation sites (N-methyl/N-ethyl adjacent to an activating group) is 1. The van der Waals surface area contributed by atoms with Gasteiger partial charge in [-0.05, 0) is 36.9 Å². The second-order valence-electron chi connectivity index (χ2n) is 5.32. The summed E-state index contributed by atoms with van der Waals surface area (Å²) in [6, 6.07) is 15.7. The van der Waals surface area contributed by atoms with E-state index >= 15 is 0 Å². The lowest BCUT2D eigenvalue weighted by molar-refractivity contribution is 0.0638. The molecule has 0 aromatic heterocycles. The molecule has 0 N–H and O–H groups in total. The number of nitrogens with zero attached hydrogens (tertiary/aromatic N) is 1. The smallest absolute Gasteiger partial charge is 0.161 e. The Morgan fingerprint density at radius 2 is 1.95 bits per heavy atom. The number of benzene rings is 2. The summed E-state index contributed by atoms with van der Waals surface area (Å²) in [7, 11) is 2.07. The molecule has 0 saturated carbocycles. The van der Waals surface area contributed by atoms with Crippen molar-refractivity contribution in [1.82, 2.24) is 4.90 Å². The van der Waals surface area contributed by atoms with Gasteiger partial charge in [-0.2, -0.15) is 0 Å². The summed E-state index contributed by atoms with van der Waals surface area (Å²) in [5, 5.41) is 0.770. The zero-order valence-electron chi connectivity index (χ0n) is 12.0. The molecule has 2 aromatic carbocycles. The van der Waals surface area contributed by atoms with Crippen LogP contribution in [0.1, 0.15) is 5.56 Å². The van der Waals surface area contributed by atoms with Gasteiger partial charge in [0.05, 0.1) is 0 Å². The molecule has 3 rings (SSSR count). The first-order valence-corrected chi connectivity index (χ1v) is 7.40. The summed E-state index contributed by atoms with van der Waals surface area (Å²) in [6.45, 7) is 2.22. The van der Waals surface area contributed by atoms with Crippen LogP contribution in [-0.2, 0) is 6.54 Å². The summed E-state index contributed by atoms with van der Waals surface area (Å²) >= 11 is 6.01. The molecule has 1 atom stereocenters. The maximum absolute atomic E-state index is 6.01. The average molecular weight is 304 g/mol. The van der Waals surface area contributed by atoms with E-state index < -0.39 is 0 Å². The number of fused-ring (bicyclic) bond motifs is 1. The van der Waals surface area contributed by atoms with Crippen LogP contribution in [0.2, 0.25) is 5.02 Å². The topological polar surface area (TPSA) is 21.7 Å². The minimum absolute atomic E-state index is 0.0454. The minimum Gasteiger partial charge on any atom is -0.486 e. The number of hydrogen-bond donors (Lipinski definition) is 0. The van der Waals surface area contributed by atoms with Crippen LogP contribution in [0.5, 0.6) is 11.5 Å². The molecule has 0 radical (unpaired) electrons. The van der Waals surface area contributed by atoms with Crippen LogP contribution in [0, 0.1) is 0 Å². The van der Waals surface area contributed by atoms with Gasteiger partial charge in [-0.1, -0.05) is 35.9 Å². The largest absolute Gasteiger partial charge is 0.486 e. The summed E-state index contributed by atoms with van der Waals surface area (Å²) < 4.78 is 11.7. The molecule has 0 fully saturated rings. The Balaban J connectivity index is 1.57. The summed E-state index contributed by atoms with van der Waals surface area (Å²) in [6.07, 6.45) is 0.0454. The highest BCUT2D eigenvalue weighted by Crippen LogP contribution is 2.31. The maximum Gasteiger partial charge on any atom is 0.161 e. The molecule has 0 bridgehead atoms. The lowest BCUT2D eigenvalue weighted by Gasteiger charge is -2.29. The third-order valence-corrected chi connectivity index (χ3v) is 3.66. The highest BCUT2D eigenvalue weighted by molar-refractivity contribution is 6.30. The summed E-state index contributed by atoms with van der Waals surface area (Å²) in [4.78, 5) is 2.22. The van der Waals surface area contributed by atoms with Gasteiger partial charge in [0.2, 0.25) is 0 Å². The van der Waals surface area contributed by atoms with Crippen molar-refractivity contribution < 1.29 is 9.47 Å². The van der Waals surface area contributed by atoms with E-state index in [1.54, 1.807) is 0 Å². The van der Waals surface area contributed by atoms with Gasteiger partial charge in [0.15, 0.2) is 11.5 Å². The molecule has 0 amide bonds. The van der Waals surface area contributed by atoms with Crippen molar-refractivity contribution in [3.05, 3.63) is 59.1 Å². The number of rotatable bonds is 4. The fourth-order valence-corrected chi connectivity index (χ4v) is 2.73. The molecular formula is C17H18ClNO2. The van der Waals surface area contributed by atoms with Crippen molar-refractivity contribution in [3.63, 3.8) is 0 Å². The molecule has 1 aliphatic heterocycles. The van der Waals surface area contributed by atoms with E-state index in [-0.39, 0.29) is 6.10 Å². The standard InChI is InChI=1S/C17H18ClNO2/c1-19(10-13-5-4-6-14(18)9-13)11-15-12-20-16-7-2-3-8-17(16)21-15/h2-9,15H,10-12H2,1H3. The molecule has 1 heterocycles. The maximum atomic E-state index is 6.01. The molecule has 4 heteroatoms. The van der Waals surface area contributed by atoms with E-state index in [0.29, 0.717) is 6.61 Å². The number of para-hydroxylation sites is 2. The van der Waals surface area contributed by atoms with Crippen molar-refractivity contribution in [1.29, 1.82) is 0 Å². The molecule has 3 nitrogen and oxygen atoms in total. The van der Waals surface area contributed by atoms with Crippen LogP contribution >= 0.6 is 11.6 Å². The molecular weight excluding hydrogens is 286 g/mol. The molecule has 2 aromatic rings. The predicted octanol–water partition coefficient (Wildman–Crippen LogP) is 3.61. The Labute approximate surface area is 130 Å². The van der Waals surface area contributed by atoms with Crippen molar-refractivity contribution in [2.75, 3.05) is 20.2 Å². The van der Waals surface area contributed by atoms with Gasteiger partial charge in [-0.3, -0.25) is 4.90 Å². The predicted molar refractivity (Wildman–Crippen MR) is 84.1 cm³/mol. The van der Waals surface area contributed by atoms with Gasteiger partial charge in [0.25, 0.3) is 0 Å². The van der Waals surface area contributed by atoms with Crippen LogP contribution in [-0.4, -0.2) is 31.2 Å². The minimum atomic E-state index is 0.0454. The fourth-order valence-electron chi connectivity index (χ4n) is 2.51. The van der Waals surface area contributed by atoms with E-state index in [1.807, 2.05) is 42.5 Å². The van der Waals surface area contributed by atoms with Crippen LogP contribution in [0.15, 0.2) is 48.5 Å². The lowest BCUT2D eigenvalue weighted by Crippen LogP contribution is -2.39. The van der Waals surface area contributed by atoms with Crippen LogP contribution in [0.3, 0.4) is 0 Å². The lowest BCUT2D eigenvalue weighted by atomic mass is 10.2. The first-order valence-electron chi connectivity index (χ1n) is 7.02. The van der Waals surface area contributed by atoms with E-state index in [1.165, 1.54) is 5.56 Å². The van der Waals surface area contributed by atoms with Crippen molar-refractivity contribution in [2.45, 2.75) is 12.6 Å². The third-order valence-electron chi connectivity index (χ3n) is 3.42. The van der Waals surface area contributed by atoms with Crippen molar-refractivity contribution >= 4 is 11.6 Å². The Hall–Kier alpha value is -1.71. The van der Waals surface area contributed by atoms with E-state index in [4.69, 9.17) is 21.1 Å². The molecule has 1 unspecified atom stereocenters. The van der Waals surface area contributed by atoms with Crippen LogP contribution in [0.4, 0.5) is 0 Å². The van der Waals surface area contributed by atoms with Crippen LogP contribution < -0.4 is 9.47 Å². The van der Waals surface area contributed by atoms with Gasteiger partial charge in [0.1, 0.15) is 12.7 Å². The Morgan fingerprint density at radius 3 is 2.76 bits per heavy atom. The van der Waals surface area contributed by atoms with Gasteiger partial charge in [0, 0.05) is 18.1 Å². The Bertz CT molecular complexity index is 617. The number of halogens is 1. The summed E-state index contributed by atoms with van der Waals surface area (Å²) in [5.41, 5.74) is 1.20. The SMILES string of the molecule is CN(Cc1cccc(Cl)c1)CC1COc2ccccc2O1. The molecule has 21 heavy (non-hydrogen) atoms. The number of hydrogen-bond acceptors (Lipinski definition) is 3. The zero-order valence-corrected chi connectivity index (χ0v) is 12.7. The van der Waals surface area contributed by atoms with Gasteiger partial charge in [-0.15, -0.1) is 0 Å². The summed E-state index contributed by atoms with van der Waals surface area (Å²) in [5.74, 6) is 1.65. The van der Waals surface area contributed by atoms with Crippen molar-refractivity contribution in [2.24, 2.45) is 0 Å². The van der Waals surface area contributed by atoms with Crippen LogP contribution in [0.25, 0.3) is 0 Å². The molecule has 1 aliphatic rings. The normalized spacial score (nSPS) is 17.0. The monoisotopic (exact) mass is 303 g/mol. The van der Waals surface area contributed by atoms with E-state index in [2.05, 4.69) is 18.0 Å².